The fourth-order valence-corrected chi connectivity index (χ4v) is 2.97. The van der Waals surface area contributed by atoms with E-state index in [1.54, 1.807) is 16.8 Å². The number of anilines is 1. The minimum atomic E-state index is -0.292. The summed E-state index contributed by atoms with van der Waals surface area (Å²) in [6.45, 7) is 6.51. The highest BCUT2D eigenvalue weighted by Crippen LogP contribution is 2.21. The Morgan fingerprint density at radius 2 is 1.93 bits per heavy atom. The number of fused-ring (bicyclic) bond motifs is 1. The molecule has 8 heteroatoms. The molecule has 27 heavy (non-hydrogen) atoms. The molecule has 2 N–H and O–H groups in total. The predicted octanol–water partition coefficient (Wildman–Crippen LogP) is 2.73. The Bertz CT molecular complexity index is 984. The van der Waals surface area contributed by atoms with Crippen molar-refractivity contribution in [3.63, 3.8) is 0 Å². The van der Waals surface area contributed by atoms with Gasteiger partial charge in [0.2, 0.25) is 5.95 Å². The van der Waals surface area contributed by atoms with Crippen molar-refractivity contribution < 1.29 is 4.39 Å². The molecular formula is C19H25FN6O. The number of H-pyrrole nitrogens is 1. The lowest BCUT2D eigenvalue weighted by molar-refractivity contribution is 0.311. The van der Waals surface area contributed by atoms with E-state index in [1.165, 1.54) is 18.3 Å². The van der Waals surface area contributed by atoms with Crippen LogP contribution < -0.4 is 10.9 Å². The van der Waals surface area contributed by atoms with Crippen LogP contribution in [-0.2, 0) is 5.54 Å². The smallest absolute Gasteiger partial charge is 0.263 e. The minimum Gasteiger partial charge on any atom is -0.354 e. The van der Waals surface area contributed by atoms with Gasteiger partial charge in [-0.05, 0) is 52.6 Å². The van der Waals surface area contributed by atoms with Crippen LogP contribution in [0.2, 0.25) is 0 Å². The molecule has 3 rings (SSSR count). The van der Waals surface area contributed by atoms with E-state index < -0.39 is 0 Å². The number of nitrogens with one attached hydrogen (secondary N) is 2. The van der Waals surface area contributed by atoms with Crippen molar-refractivity contribution in [2.45, 2.75) is 32.4 Å². The lowest BCUT2D eigenvalue weighted by Crippen LogP contribution is -2.28. The van der Waals surface area contributed by atoms with Gasteiger partial charge in [-0.15, -0.1) is 0 Å². The Morgan fingerprint density at radius 1 is 1.26 bits per heavy atom. The van der Waals surface area contributed by atoms with Crippen LogP contribution in [0, 0.1) is 5.82 Å². The second kappa shape index (κ2) is 7.11. The standard InChI is InChI=1S/C19H25FN6O/c1-19(2,3)26-16-14(10-22-26)17(27)24-18(23-16)21-11-15(25(4)5)12-6-8-13(20)9-7-12/h6-10,15H,11H2,1-5H3,(H2,21,23,24,27). The van der Waals surface area contributed by atoms with Crippen molar-refractivity contribution in [3.05, 3.63) is 52.2 Å². The molecular weight excluding hydrogens is 347 g/mol. The second-order valence-electron chi connectivity index (χ2n) is 7.79. The maximum Gasteiger partial charge on any atom is 0.263 e. The SMILES string of the molecule is CN(C)C(CNc1nc2c(cnn2C(C)(C)C)c(=O)[nH]1)c1ccc(F)cc1. The van der Waals surface area contributed by atoms with Gasteiger partial charge in [0.05, 0.1) is 17.8 Å². The normalized spacial score (nSPS) is 13.3. The molecule has 0 bridgehead atoms. The zero-order valence-corrected chi connectivity index (χ0v) is 16.2. The first-order valence-corrected chi connectivity index (χ1v) is 8.81. The van der Waals surface area contributed by atoms with E-state index in [2.05, 4.69) is 20.4 Å². The number of likely N-dealkylation sites (N-methyl/N-ethyl adjacent to an activating group) is 1. The van der Waals surface area contributed by atoms with Gasteiger partial charge < -0.3 is 10.2 Å². The maximum atomic E-state index is 13.2. The first-order valence-electron chi connectivity index (χ1n) is 8.81. The summed E-state index contributed by atoms with van der Waals surface area (Å²) in [5, 5.41) is 7.96. The Balaban J connectivity index is 1.89. The number of hydrogen-bond acceptors (Lipinski definition) is 5. The lowest BCUT2D eigenvalue weighted by Gasteiger charge is -2.25. The highest BCUT2D eigenvalue weighted by Gasteiger charge is 2.20. The number of nitrogens with zero attached hydrogens (tertiary/aromatic N) is 4. The molecule has 1 aromatic carbocycles. The zero-order chi connectivity index (χ0) is 19.8. The number of halogens is 1. The third kappa shape index (κ3) is 4.00. The van der Waals surface area contributed by atoms with Gasteiger partial charge in [0.25, 0.3) is 5.56 Å². The van der Waals surface area contributed by atoms with Gasteiger partial charge in [-0.2, -0.15) is 10.1 Å². The van der Waals surface area contributed by atoms with Crippen molar-refractivity contribution in [2.24, 2.45) is 0 Å². The molecule has 7 nitrogen and oxygen atoms in total. The summed E-state index contributed by atoms with van der Waals surface area (Å²) in [7, 11) is 3.90. The summed E-state index contributed by atoms with van der Waals surface area (Å²) in [5.41, 5.74) is 0.982. The topological polar surface area (TPSA) is 78.8 Å². The maximum absolute atomic E-state index is 13.2. The first kappa shape index (κ1) is 19.0. The number of benzene rings is 1. The summed E-state index contributed by atoms with van der Waals surface area (Å²) in [6, 6.07) is 6.39. The van der Waals surface area contributed by atoms with Crippen LogP contribution in [0.1, 0.15) is 32.4 Å². The van der Waals surface area contributed by atoms with Gasteiger partial charge in [0.15, 0.2) is 5.65 Å². The minimum absolute atomic E-state index is 0.0147. The Morgan fingerprint density at radius 3 is 2.52 bits per heavy atom. The molecule has 1 atom stereocenters. The highest BCUT2D eigenvalue weighted by molar-refractivity contribution is 5.74. The van der Waals surface area contributed by atoms with Crippen LogP contribution in [0.3, 0.4) is 0 Å². The highest BCUT2D eigenvalue weighted by atomic mass is 19.1. The number of rotatable bonds is 5. The van der Waals surface area contributed by atoms with Gasteiger partial charge in [-0.25, -0.2) is 9.07 Å². The zero-order valence-electron chi connectivity index (χ0n) is 16.2. The van der Waals surface area contributed by atoms with Crippen molar-refractivity contribution >= 4 is 17.0 Å². The molecule has 0 radical (unpaired) electrons. The number of aromatic nitrogens is 4. The summed E-state index contributed by atoms with van der Waals surface area (Å²) in [5.74, 6) is 0.114. The number of aromatic amines is 1. The molecule has 2 heterocycles. The van der Waals surface area contributed by atoms with Gasteiger partial charge in [-0.1, -0.05) is 12.1 Å². The van der Waals surface area contributed by atoms with E-state index in [9.17, 15) is 9.18 Å². The van der Waals surface area contributed by atoms with Crippen LogP contribution >= 0.6 is 0 Å². The van der Waals surface area contributed by atoms with Crippen LogP contribution in [0.15, 0.2) is 35.3 Å². The monoisotopic (exact) mass is 372 g/mol. The molecule has 0 aliphatic heterocycles. The summed E-state index contributed by atoms with van der Waals surface area (Å²) in [4.78, 5) is 21.7. The largest absolute Gasteiger partial charge is 0.354 e. The average molecular weight is 372 g/mol. The van der Waals surface area contributed by atoms with Crippen LogP contribution in [0.5, 0.6) is 0 Å². The van der Waals surface area contributed by atoms with E-state index in [0.29, 0.717) is 23.5 Å². The quantitative estimate of drug-likeness (QED) is 0.720. The molecule has 3 aromatic rings. The molecule has 0 fully saturated rings. The summed E-state index contributed by atoms with van der Waals surface area (Å²) in [6.07, 6.45) is 1.54. The molecule has 144 valence electrons. The van der Waals surface area contributed by atoms with Crippen molar-refractivity contribution in [1.82, 2.24) is 24.6 Å². The van der Waals surface area contributed by atoms with E-state index >= 15 is 0 Å². The predicted molar refractivity (Wildman–Crippen MR) is 104 cm³/mol. The van der Waals surface area contributed by atoms with E-state index in [0.717, 1.165) is 5.56 Å². The molecule has 0 saturated carbocycles. The van der Waals surface area contributed by atoms with Crippen molar-refractivity contribution in [3.8, 4) is 0 Å². The molecule has 0 amide bonds. The molecule has 0 saturated heterocycles. The molecule has 0 aliphatic carbocycles. The lowest BCUT2D eigenvalue weighted by atomic mass is 10.1. The fourth-order valence-electron chi connectivity index (χ4n) is 2.97. The summed E-state index contributed by atoms with van der Waals surface area (Å²) >= 11 is 0. The molecule has 2 aromatic heterocycles. The summed E-state index contributed by atoms with van der Waals surface area (Å²) < 4.78 is 15.0. The Labute approximate surface area is 157 Å². The molecule has 1 unspecified atom stereocenters. The molecule has 0 spiro atoms. The Kier molecular flexibility index (Phi) is 5.01. The third-order valence-corrected chi connectivity index (χ3v) is 4.41. The second-order valence-corrected chi connectivity index (χ2v) is 7.79. The molecule has 0 aliphatic rings. The van der Waals surface area contributed by atoms with Crippen molar-refractivity contribution in [1.29, 1.82) is 0 Å². The van der Waals surface area contributed by atoms with E-state index in [4.69, 9.17) is 0 Å². The van der Waals surface area contributed by atoms with E-state index in [-0.39, 0.29) is 23.0 Å². The van der Waals surface area contributed by atoms with Crippen LogP contribution in [-0.4, -0.2) is 45.3 Å². The van der Waals surface area contributed by atoms with Gasteiger partial charge in [0.1, 0.15) is 11.2 Å². The Hall–Kier alpha value is -2.74. The van der Waals surface area contributed by atoms with Crippen LogP contribution in [0.4, 0.5) is 10.3 Å². The average Bonchev–Trinajstić information content (AvgIpc) is 3.01. The van der Waals surface area contributed by atoms with Gasteiger partial charge in [0, 0.05) is 6.54 Å². The first-order chi connectivity index (χ1) is 12.7. The third-order valence-electron chi connectivity index (χ3n) is 4.41. The fraction of sp³-hybridized carbons (Fsp3) is 0.421. The van der Waals surface area contributed by atoms with Gasteiger partial charge >= 0.3 is 0 Å². The van der Waals surface area contributed by atoms with Gasteiger partial charge in [-0.3, -0.25) is 9.78 Å². The number of hydrogen-bond donors (Lipinski definition) is 2. The van der Waals surface area contributed by atoms with Crippen molar-refractivity contribution in [2.75, 3.05) is 26.0 Å². The van der Waals surface area contributed by atoms with Crippen LogP contribution in [0.25, 0.3) is 11.0 Å². The van der Waals surface area contributed by atoms with E-state index in [1.807, 2.05) is 39.8 Å².